The Morgan fingerprint density at radius 2 is 1.28 bits per heavy atom. The Bertz CT molecular complexity index is 1750. The molecule has 3 rings (SSSR count). The number of anilines is 3. The van der Waals surface area contributed by atoms with Crippen molar-refractivity contribution in [1.29, 1.82) is 5.26 Å². The second-order valence-corrected chi connectivity index (χ2v) is 16.3. The standard InChI is InChI=1S/C42H58N4O7S/c1-5-6-7-8-9-10-11-12-13-14-15-16-17-18-27-54(50,51)40(31(2)3)41(48)45-37-28-38(47)36(29-39(37)53-35-25-23-34(52-4)24-26-35)46-42(49)44-33-21-19-32(30-43)20-22-33/h19-26,28-29,31,40,47H,5-18,27H2,1-4H3,(H,45,48)(H2,44,46,49). The molecule has 0 saturated carbocycles. The molecule has 3 aromatic rings. The van der Waals surface area contributed by atoms with Crippen molar-refractivity contribution < 1.29 is 32.6 Å². The van der Waals surface area contributed by atoms with Crippen molar-refractivity contribution in [3.05, 3.63) is 66.2 Å². The molecule has 0 saturated heterocycles. The number of nitrogens with one attached hydrogen (secondary N) is 3. The molecule has 3 aromatic carbocycles. The number of carbonyl (C=O) groups excluding carboxylic acids is 2. The number of urea groups is 1. The fourth-order valence-corrected chi connectivity index (χ4v) is 8.32. The molecule has 11 nitrogen and oxygen atoms in total. The van der Waals surface area contributed by atoms with Crippen LogP contribution in [0.25, 0.3) is 0 Å². The smallest absolute Gasteiger partial charge is 0.323 e. The van der Waals surface area contributed by atoms with Crippen molar-refractivity contribution >= 4 is 38.8 Å². The van der Waals surface area contributed by atoms with Gasteiger partial charge in [0.1, 0.15) is 22.5 Å². The summed E-state index contributed by atoms with van der Waals surface area (Å²) < 4.78 is 38.4. The first-order valence-electron chi connectivity index (χ1n) is 19.3. The predicted molar refractivity (Wildman–Crippen MR) is 216 cm³/mol. The predicted octanol–water partition coefficient (Wildman–Crippen LogP) is 10.6. The van der Waals surface area contributed by atoms with E-state index in [1.54, 1.807) is 62.4 Å². The van der Waals surface area contributed by atoms with Gasteiger partial charge in [-0.2, -0.15) is 5.26 Å². The molecule has 0 bridgehead atoms. The summed E-state index contributed by atoms with van der Waals surface area (Å²) in [6.07, 6.45) is 16.2. The third kappa shape index (κ3) is 14.9. The van der Waals surface area contributed by atoms with Crippen LogP contribution < -0.4 is 25.4 Å². The lowest BCUT2D eigenvalue weighted by Gasteiger charge is -2.22. The van der Waals surface area contributed by atoms with Crippen molar-refractivity contribution in [1.82, 2.24) is 0 Å². The zero-order chi connectivity index (χ0) is 39.3. The van der Waals surface area contributed by atoms with Gasteiger partial charge in [0.2, 0.25) is 5.91 Å². The molecule has 0 aliphatic rings. The van der Waals surface area contributed by atoms with Gasteiger partial charge >= 0.3 is 6.03 Å². The molecule has 1 atom stereocenters. The molecule has 0 aliphatic heterocycles. The van der Waals surface area contributed by atoms with Gasteiger partial charge in [-0.3, -0.25) is 4.79 Å². The second kappa shape index (κ2) is 23.1. The topological polar surface area (TPSA) is 167 Å². The number of methoxy groups -OCH3 is 1. The largest absolute Gasteiger partial charge is 0.506 e. The molecule has 294 valence electrons. The quantitative estimate of drug-likeness (QED) is 0.0517. The van der Waals surface area contributed by atoms with Crippen LogP contribution in [-0.4, -0.2) is 43.6 Å². The summed E-state index contributed by atoms with van der Waals surface area (Å²) in [5, 5.41) is 26.5. The molecule has 0 radical (unpaired) electrons. The maximum Gasteiger partial charge on any atom is 0.323 e. The van der Waals surface area contributed by atoms with E-state index in [9.17, 15) is 23.1 Å². The fourth-order valence-electron chi connectivity index (χ4n) is 6.24. The number of ether oxygens (including phenoxy) is 2. The maximum atomic E-state index is 13.7. The maximum absolute atomic E-state index is 13.7. The minimum absolute atomic E-state index is 0.0173. The van der Waals surface area contributed by atoms with Gasteiger partial charge in [-0.05, 0) is 60.9 Å². The highest BCUT2D eigenvalue weighted by Crippen LogP contribution is 2.39. The van der Waals surface area contributed by atoms with Gasteiger partial charge in [0.25, 0.3) is 0 Å². The van der Waals surface area contributed by atoms with E-state index in [2.05, 4.69) is 22.9 Å². The summed E-state index contributed by atoms with van der Waals surface area (Å²) in [5.74, 6) is -0.760. The number of unbranched alkanes of at least 4 members (excludes halogenated alkanes) is 13. The fraction of sp³-hybridized carbons (Fsp3) is 0.500. The number of phenolic OH excluding ortho intramolecular Hbond substituents is 1. The number of hydrogen-bond acceptors (Lipinski definition) is 8. The number of carbonyl (C=O) groups is 2. The van der Waals surface area contributed by atoms with E-state index in [1.807, 2.05) is 6.07 Å². The average molecular weight is 763 g/mol. The first-order chi connectivity index (χ1) is 26.0. The molecule has 1 unspecified atom stereocenters. The van der Waals surface area contributed by atoms with E-state index in [-0.39, 0.29) is 22.9 Å². The third-order valence-electron chi connectivity index (χ3n) is 9.20. The van der Waals surface area contributed by atoms with Crippen LogP contribution >= 0.6 is 0 Å². The zero-order valence-electron chi connectivity index (χ0n) is 32.3. The summed E-state index contributed by atoms with van der Waals surface area (Å²) in [4.78, 5) is 26.5. The highest BCUT2D eigenvalue weighted by Gasteiger charge is 2.35. The van der Waals surface area contributed by atoms with Gasteiger partial charge in [-0.1, -0.05) is 104 Å². The van der Waals surface area contributed by atoms with Gasteiger partial charge in [-0.15, -0.1) is 0 Å². The summed E-state index contributed by atoms with van der Waals surface area (Å²) >= 11 is 0. The van der Waals surface area contributed by atoms with Gasteiger partial charge in [0.15, 0.2) is 15.6 Å². The molecule has 12 heteroatoms. The zero-order valence-corrected chi connectivity index (χ0v) is 33.1. The lowest BCUT2D eigenvalue weighted by molar-refractivity contribution is -0.116. The van der Waals surface area contributed by atoms with Crippen molar-refractivity contribution in [2.45, 2.75) is 116 Å². The normalized spacial score (nSPS) is 11.8. The van der Waals surface area contributed by atoms with E-state index < -0.39 is 38.7 Å². The van der Waals surface area contributed by atoms with Crippen LogP contribution in [0.4, 0.5) is 21.9 Å². The monoisotopic (exact) mass is 762 g/mol. The number of benzene rings is 3. The Labute approximate surface area is 321 Å². The molecule has 0 heterocycles. The van der Waals surface area contributed by atoms with Crippen LogP contribution in [0.3, 0.4) is 0 Å². The number of nitrogens with zero attached hydrogens (tertiary/aromatic N) is 1. The molecule has 54 heavy (non-hydrogen) atoms. The third-order valence-corrected chi connectivity index (χ3v) is 11.6. The van der Waals surface area contributed by atoms with Crippen molar-refractivity contribution in [2.75, 3.05) is 28.8 Å². The number of phenols is 1. The second-order valence-electron chi connectivity index (χ2n) is 14.0. The van der Waals surface area contributed by atoms with E-state index in [1.165, 1.54) is 77.0 Å². The highest BCUT2D eigenvalue weighted by molar-refractivity contribution is 7.92. The molecular formula is C42H58N4O7S. The number of amides is 3. The summed E-state index contributed by atoms with van der Waals surface area (Å²) in [6.45, 7) is 5.62. The molecule has 0 fully saturated rings. The SMILES string of the molecule is CCCCCCCCCCCCCCCCS(=O)(=O)C(C(=O)Nc1cc(O)c(NC(=O)Nc2ccc(C#N)cc2)cc1Oc1ccc(OC)cc1)C(C)C. The number of nitriles is 1. The van der Waals surface area contributed by atoms with Gasteiger partial charge in [-0.25, -0.2) is 13.2 Å². The first kappa shape index (κ1) is 43.6. The van der Waals surface area contributed by atoms with Crippen LogP contribution in [0.15, 0.2) is 60.7 Å². The Balaban J connectivity index is 1.64. The van der Waals surface area contributed by atoms with E-state index >= 15 is 0 Å². The lowest BCUT2D eigenvalue weighted by atomic mass is 10.0. The van der Waals surface area contributed by atoms with Crippen LogP contribution in [0.2, 0.25) is 0 Å². The molecule has 4 N–H and O–H groups in total. The molecule has 0 spiro atoms. The van der Waals surface area contributed by atoms with E-state index in [0.717, 1.165) is 25.7 Å². The van der Waals surface area contributed by atoms with Crippen LogP contribution in [0.1, 0.15) is 116 Å². The number of hydrogen-bond donors (Lipinski definition) is 4. The van der Waals surface area contributed by atoms with Gasteiger partial charge < -0.3 is 30.5 Å². The van der Waals surface area contributed by atoms with Crippen molar-refractivity contribution in [3.63, 3.8) is 0 Å². The average Bonchev–Trinajstić information content (AvgIpc) is 3.13. The lowest BCUT2D eigenvalue weighted by Crippen LogP contribution is -2.40. The van der Waals surface area contributed by atoms with Crippen LogP contribution in [-0.2, 0) is 14.6 Å². The molecule has 0 aromatic heterocycles. The number of sulfone groups is 1. The Kier molecular flexibility index (Phi) is 18.7. The minimum Gasteiger partial charge on any atom is -0.506 e. The number of aromatic hydroxyl groups is 1. The number of rotatable bonds is 24. The van der Waals surface area contributed by atoms with Gasteiger partial charge in [0, 0.05) is 17.8 Å². The Hall–Kier alpha value is -4.76. The molecular weight excluding hydrogens is 705 g/mol. The molecule has 3 amide bonds. The first-order valence-corrected chi connectivity index (χ1v) is 21.0. The Morgan fingerprint density at radius 1 is 0.741 bits per heavy atom. The van der Waals surface area contributed by atoms with Crippen LogP contribution in [0, 0.1) is 17.2 Å². The van der Waals surface area contributed by atoms with Gasteiger partial charge in [0.05, 0.1) is 35.9 Å². The Morgan fingerprint density at radius 3 is 1.80 bits per heavy atom. The highest BCUT2D eigenvalue weighted by atomic mass is 32.2. The summed E-state index contributed by atoms with van der Waals surface area (Å²) in [5.41, 5.74) is 0.829. The van der Waals surface area contributed by atoms with E-state index in [0.29, 0.717) is 29.2 Å². The summed E-state index contributed by atoms with van der Waals surface area (Å²) in [7, 11) is -2.29. The minimum atomic E-state index is -3.82. The summed E-state index contributed by atoms with van der Waals surface area (Å²) in [6, 6.07) is 16.7. The van der Waals surface area contributed by atoms with Crippen molar-refractivity contribution in [2.24, 2.45) is 5.92 Å². The van der Waals surface area contributed by atoms with Crippen molar-refractivity contribution in [3.8, 4) is 29.1 Å². The van der Waals surface area contributed by atoms with E-state index in [4.69, 9.17) is 14.7 Å². The van der Waals surface area contributed by atoms with Crippen LogP contribution in [0.5, 0.6) is 23.0 Å². The molecule has 0 aliphatic carbocycles.